The molecule has 0 saturated carbocycles. The summed E-state index contributed by atoms with van der Waals surface area (Å²) in [6.45, 7) is 4.44. The van der Waals surface area contributed by atoms with E-state index < -0.39 is 0 Å². The van der Waals surface area contributed by atoms with Crippen LogP contribution in [0.25, 0.3) is 0 Å². The topological polar surface area (TPSA) is 42.1 Å². The van der Waals surface area contributed by atoms with Gasteiger partial charge >= 0.3 is 0 Å². The van der Waals surface area contributed by atoms with E-state index in [1.54, 1.807) is 0 Å². The zero-order valence-corrected chi connectivity index (χ0v) is 10.7. The molecule has 0 spiro atoms. The maximum absolute atomic E-state index is 5.73. The first-order valence-corrected chi connectivity index (χ1v) is 6.75. The quantitative estimate of drug-likeness (QED) is 0.873. The van der Waals surface area contributed by atoms with E-state index in [9.17, 15) is 0 Å². The number of nitrogen functional groups attached to an aromatic ring is 1. The largest absolute Gasteiger partial charge is 0.384 e. The molecule has 1 aromatic heterocycles. The predicted molar refractivity (Wildman–Crippen MR) is 71.6 cm³/mol. The number of anilines is 1. The highest BCUT2D eigenvalue weighted by molar-refractivity contribution is 5.28. The van der Waals surface area contributed by atoms with Crippen molar-refractivity contribution >= 4 is 5.82 Å². The third-order valence-electron chi connectivity index (χ3n) is 3.66. The van der Waals surface area contributed by atoms with Crippen LogP contribution in [0.1, 0.15) is 44.7 Å². The highest BCUT2D eigenvalue weighted by atomic mass is 15.2. The van der Waals surface area contributed by atoms with E-state index in [1.807, 2.05) is 12.1 Å². The van der Waals surface area contributed by atoms with Gasteiger partial charge in [0.2, 0.25) is 0 Å². The fraction of sp³-hybridized carbons (Fsp3) is 0.643. The standard InChI is InChI=1S/C14H23N3/c1-2-13-8-4-3-5-10-17(13)11-12-7-6-9-14(15)16-12/h6-7,9,13H,2-5,8,10-11H2,1H3,(H2,15,16). The summed E-state index contributed by atoms with van der Waals surface area (Å²) in [6.07, 6.45) is 6.64. The molecule has 1 atom stereocenters. The molecular weight excluding hydrogens is 210 g/mol. The molecule has 1 aliphatic rings. The minimum absolute atomic E-state index is 0.630. The Morgan fingerprint density at radius 3 is 3.00 bits per heavy atom. The van der Waals surface area contributed by atoms with Crippen molar-refractivity contribution in [2.75, 3.05) is 12.3 Å². The lowest BCUT2D eigenvalue weighted by Crippen LogP contribution is -2.34. The van der Waals surface area contributed by atoms with E-state index in [0.29, 0.717) is 5.82 Å². The fourth-order valence-electron chi connectivity index (χ4n) is 2.70. The highest BCUT2D eigenvalue weighted by Crippen LogP contribution is 2.20. The van der Waals surface area contributed by atoms with Gasteiger partial charge in [0.25, 0.3) is 0 Å². The summed E-state index contributed by atoms with van der Waals surface area (Å²) in [5.74, 6) is 0.630. The first-order chi connectivity index (χ1) is 8.29. The number of hydrogen-bond acceptors (Lipinski definition) is 3. The molecule has 3 heteroatoms. The van der Waals surface area contributed by atoms with E-state index in [-0.39, 0.29) is 0 Å². The lowest BCUT2D eigenvalue weighted by Gasteiger charge is -2.28. The van der Waals surface area contributed by atoms with Gasteiger partial charge in [0.05, 0.1) is 5.69 Å². The van der Waals surface area contributed by atoms with Crippen molar-refractivity contribution in [2.24, 2.45) is 0 Å². The highest BCUT2D eigenvalue weighted by Gasteiger charge is 2.19. The van der Waals surface area contributed by atoms with Crippen LogP contribution in [0, 0.1) is 0 Å². The fourth-order valence-corrected chi connectivity index (χ4v) is 2.70. The van der Waals surface area contributed by atoms with Crippen LogP contribution in [-0.2, 0) is 6.54 Å². The molecule has 3 nitrogen and oxygen atoms in total. The maximum Gasteiger partial charge on any atom is 0.123 e. The van der Waals surface area contributed by atoms with Gasteiger partial charge in [-0.25, -0.2) is 4.98 Å². The molecule has 94 valence electrons. The van der Waals surface area contributed by atoms with Crippen LogP contribution in [-0.4, -0.2) is 22.5 Å². The average molecular weight is 233 g/mol. The van der Waals surface area contributed by atoms with Crippen LogP contribution in [0.15, 0.2) is 18.2 Å². The molecule has 0 amide bonds. The summed E-state index contributed by atoms with van der Waals surface area (Å²) in [5, 5.41) is 0. The Balaban J connectivity index is 2.04. The third kappa shape index (κ3) is 3.43. The molecule has 17 heavy (non-hydrogen) atoms. The molecule has 2 rings (SSSR count). The van der Waals surface area contributed by atoms with Gasteiger partial charge < -0.3 is 5.73 Å². The molecule has 0 aromatic carbocycles. The number of nitrogens with zero attached hydrogens (tertiary/aromatic N) is 2. The van der Waals surface area contributed by atoms with Crippen molar-refractivity contribution in [1.82, 2.24) is 9.88 Å². The van der Waals surface area contributed by atoms with E-state index in [2.05, 4.69) is 22.9 Å². The van der Waals surface area contributed by atoms with Crippen molar-refractivity contribution in [2.45, 2.75) is 51.6 Å². The summed E-state index contributed by atoms with van der Waals surface area (Å²) in [5.41, 5.74) is 6.83. The van der Waals surface area contributed by atoms with Crippen molar-refractivity contribution in [3.63, 3.8) is 0 Å². The predicted octanol–water partition coefficient (Wildman–Crippen LogP) is 2.82. The van der Waals surface area contributed by atoms with Crippen molar-refractivity contribution in [3.8, 4) is 0 Å². The Labute approximate surface area is 104 Å². The average Bonchev–Trinajstić information content (AvgIpc) is 2.54. The van der Waals surface area contributed by atoms with Gasteiger partial charge in [0, 0.05) is 12.6 Å². The summed E-state index contributed by atoms with van der Waals surface area (Å²) >= 11 is 0. The number of nitrogens with two attached hydrogens (primary N) is 1. The molecule has 1 unspecified atom stereocenters. The number of aromatic nitrogens is 1. The van der Waals surface area contributed by atoms with Crippen LogP contribution in [0.3, 0.4) is 0 Å². The van der Waals surface area contributed by atoms with Gasteiger partial charge in [-0.1, -0.05) is 25.8 Å². The minimum atomic E-state index is 0.630. The van der Waals surface area contributed by atoms with Gasteiger partial charge in [0.1, 0.15) is 5.82 Å². The Hall–Kier alpha value is -1.09. The van der Waals surface area contributed by atoms with Crippen LogP contribution >= 0.6 is 0 Å². The first kappa shape index (κ1) is 12.4. The number of likely N-dealkylation sites (tertiary alicyclic amines) is 1. The molecular formula is C14H23N3. The van der Waals surface area contributed by atoms with Crippen LogP contribution < -0.4 is 5.73 Å². The van der Waals surface area contributed by atoms with Crippen molar-refractivity contribution < 1.29 is 0 Å². The van der Waals surface area contributed by atoms with Gasteiger partial charge in [-0.15, -0.1) is 0 Å². The smallest absolute Gasteiger partial charge is 0.123 e. The molecule has 1 aliphatic heterocycles. The molecule has 1 fully saturated rings. The van der Waals surface area contributed by atoms with E-state index in [0.717, 1.165) is 18.3 Å². The summed E-state index contributed by atoms with van der Waals surface area (Å²) < 4.78 is 0. The van der Waals surface area contributed by atoms with Gasteiger partial charge in [-0.2, -0.15) is 0 Å². The summed E-state index contributed by atoms with van der Waals surface area (Å²) in [6, 6.07) is 6.65. The van der Waals surface area contributed by atoms with Crippen LogP contribution in [0.5, 0.6) is 0 Å². The Morgan fingerprint density at radius 2 is 2.24 bits per heavy atom. The Bertz CT molecular complexity index is 351. The second-order valence-corrected chi connectivity index (χ2v) is 4.94. The van der Waals surface area contributed by atoms with Crippen LogP contribution in [0.4, 0.5) is 5.82 Å². The molecule has 0 bridgehead atoms. The van der Waals surface area contributed by atoms with E-state index in [1.165, 1.54) is 38.6 Å². The molecule has 2 N–H and O–H groups in total. The first-order valence-electron chi connectivity index (χ1n) is 6.75. The SMILES string of the molecule is CCC1CCCCCN1Cc1cccc(N)n1. The molecule has 1 saturated heterocycles. The summed E-state index contributed by atoms with van der Waals surface area (Å²) in [4.78, 5) is 6.98. The zero-order valence-electron chi connectivity index (χ0n) is 10.7. The minimum Gasteiger partial charge on any atom is -0.384 e. The lowest BCUT2D eigenvalue weighted by molar-refractivity contribution is 0.184. The van der Waals surface area contributed by atoms with E-state index in [4.69, 9.17) is 5.73 Å². The number of pyridine rings is 1. The second kappa shape index (κ2) is 6.01. The lowest BCUT2D eigenvalue weighted by atomic mass is 10.1. The molecule has 2 heterocycles. The monoisotopic (exact) mass is 233 g/mol. The molecule has 1 aromatic rings. The number of rotatable bonds is 3. The van der Waals surface area contributed by atoms with Crippen LogP contribution in [0.2, 0.25) is 0 Å². The van der Waals surface area contributed by atoms with Gasteiger partial charge in [-0.05, 0) is 37.9 Å². The normalized spacial score (nSPS) is 22.3. The Kier molecular flexibility index (Phi) is 4.37. The van der Waals surface area contributed by atoms with Crippen molar-refractivity contribution in [3.05, 3.63) is 23.9 Å². The van der Waals surface area contributed by atoms with Crippen molar-refractivity contribution in [1.29, 1.82) is 0 Å². The molecule has 0 aliphatic carbocycles. The molecule has 0 radical (unpaired) electrons. The maximum atomic E-state index is 5.73. The van der Waals surface area contributed by atoms with Gasteiger partial charge in [-0.3, -0.25) is 4.90 Å². The zero-order chi connectivity index (χ0) is 12.1. The van der Waals surface area contributed by atoms with E-state index >= 15 is 0 Å². The van der Waals surface area contributed by atoms with Gasteiger partial charge in [0.15, 0.2) is 0 Å². The second-order valence-electron chi connectivity index (χ2n) is 4.94. The Morgan fingerprint density at radius 1 is 1.35 bits per heavy atom. The third-order valence-corrected chi connectivity index (χ3v) is 3.66. The summed E-state index contributed by atoms with van der Waals surface area (Å²) in [7, 11) is 0. The number of hydrogen-bond donors (Lipinski definition) is 1.